The predicted octanol–water partition coefficient (Wildman–Crippen LogP) is 0.292. The predicted molar refractivity (Wildman–Crippen MR) is 62.4 cm³/mol. The number of aliphatic hydroxyl groups excluding tert-OH is 1. The number of anilines is 1. The molecule has 1 fully saturated rings. The lowest BCUT2D eigenvalue weighted by molar-refractivity contribution is -0.122. The van der Waals surface area contributed by atoms with Crippen molar-refractivity contribution in [2.45, 2.75) is 13.0 Å². The van der Waals surface area contributed by atoms with E-state index in [0.717, 1.165) is 5.69 Å². The minimum absolute atomic E-state index is 0.0578. The summed E-state index contributed by atoms with van der Waals surface area (Å²) >= 11 is 0. The van der Waals surface area contributed by atoms with Crippen molar-refractivity contribution < 1.29 is 9.90 Å². The number of piperazine rings is 1. The second-order valence-electron chi connectivity index (χ2n) is 4.01. The van der Waals surface area contributed by atoms with Gasteiger partial charge in [-0.1, -0.05) is 17.7 Å². The quantitative estimate of drug-likeness (QED) is 0.753. The zero-order valence-electron chi connectivity index (χ0n) is 9.31. The third-order valence-electron chi connectivity index (χ3n) is 2.82. The molecule has 0 aliphatic carbocycles. The molecule has 0 radical (unpaired) electrons. The van der Waals surface area contributed by atoms with Gasteiger partial charge in [0.25, 0.3) is 0 Å². The number of rotatable bonds is 2. The van der Waals surface area contributed by atoms with Gasteiger partial charge in [0, 0.05) is 18.8 Å². The minimum Gasteiger partial charge on any atom is -0.394 e. The highest BCUT2D eigenvalue weighted by atomic mass is 16.3. The molecule has 2 N–H and O–H groups in total. The normalized spacial score (nSPS) is 21.2. The van der Waals surface area contributed by atoms with Gasteiger partial charge in [-0.25, -0.2) is 0 Å². The Morgan fingerprint density at radius 3 is 2.75 bits per heavy atom. The largest absolute Gasteiger partial charge is 0.394 e. The number of nitrogens with one attached hydrogen (secondary N) is 1. The van der Waals surface area contributed by atoms with Gasteiger partial charge < -0.3 is 15.3 Å². The second-order valence-corrected chi connectivity index (χ2v) is 4.01. The first-order chi connectivity index (χ1) is 7.72. The molecule has 1 aromatic carbocycles. The molecular weight excluding hydrogens is 204 g/mol. The van der Waals surface area contributed by atoms with Crippen LogP contribution < -0.4 is 10.2 Å². The number of aryl methyl sites for hydroxylation is 1. The molecule has 0 spiro atoms. The summed E-state index contributed by atoms with van der Waals surface area (Å²) in [6, 6.07) is 7.38. The first kappa shape index (κ1) is 11.1. The Morgan fingerprint density at radius 1 is 1.44 bits per heavy atom. The molecule has 2 rings (SSSR count). The van der Waals surface area contributed by atoms with E-state index in [1.54, 1.807) is 4.90 Å². The van der Waals surface area contributed by atoms with Crippen LogP contribution in [0.2, 0.25) is 0 Å². The number of carbonyl (C=O) groups is 1. The van der Waals surface area contributed by atoms with Crippen LogP contribution in [0.4, 0.5) is 5.69 Å². The van der Waals surface area contributed by atoms with E-state index >= 15 is 0 Å². The van der Waals surface area contributed by atoms with Gasteiger partial charge >= 0.3 is 0 Å². The summed E-state index contributed by atoms with van der Waals surface area (Å²) < 4.78 is 0. The zero-order chi connectivity index (χ0) is 11.5. The molecule has 1 unspecified atom stereocenters. The lowest BCUT2D eigenvalue weighted by atomic mass is 10.1. The summed E-state index contributed by atoms with van der Waals surface area (Å²) in [6.45, 7) is 3.23. The van der Waals surface area contributed by atoms with Crippen molar-refractivity contribution in [2.24, 2.45) is 0 Å². The van der Waals surface area contributed by atoms with Gasteiger partial charge in [-0.05, 0) is 19.1 Å². The van der Waals surface area contributed by atoms with Crippen molar-refractivity contribution in [3.8, 4) is 0 Å². The summed E-state index contributed by atoms with van der Waals surface area (Å²) in [5.74, 6) is -0.0578. The Labute approximate surface area is 94.9 Å². The molecule has 4 nitrogen and oxygen atoms in total. The fourth-order valence-electron chi connectivity index (χ4n) is 1.86. The molecule has 0 bridgehead atoms. The van der Waals surface area contributed by atoms with Gasteiger partial charge in [-0.15, -0.1) is 0 Å². The average molecular weight is 220 g/mol. The summed E-state index contributed by atoms with van der Waals surface area (Å²) in [6.07, 6.45) is 0. The molecule has 0 saturated carbocycles. The molecule has 0 aromatic heterocycles. The average Bonchev–Trinajstić information content (AvgIpc) is 2.31. The Hall–Kier alpha value is -1.39. The van der Waals surface area contributed by atoms with Gasteiger partial charge in [0.05, 0.1) is 6.61 Å². The van der Waals surface area contributed by atoms with Crippen molar-refractivity contribution in [2.75, 3.05) is 24.6 Å². The monoisotopic (exact) mass is 220 g/mol. The number of hydrogen-bond donors (Lipinski definition) is 2. The van der Waals surface area contributed by atoms with Crippen LogP contribution in [-0.2, 0) is 4.79 Å². The van der Waals surface area contributed by atoms with Crippen LogP contribution in [0, 0.1) is 6.92 Å². The molecule has 1 saturated heterocycles. The van der Waals surface area contributed by atoms with Gasteiger partial charge in [0.15, 0.2) is 0 Å². The molecule has 1 aliphatic heterocycles. The van der Waals surface area contributed by atoms with E-state index in [0.29, 0.717) is 13.1 Å². The fourth-order valence-corrected chi connectivity index (χ4v) is 1.86. The molecule has 1 heterocycles. The van der Waals surface area contributed by atoms with E-state index in [9.17, 15) is 4.79 Å². The second kappa shape index (κ2) is 4.63. The maximum absolute atomic E-state index is 11.9. The number of benzene rings is 1. The minimum atomic E-state index is -0.463. The van der Waals surface area contributed by atoms with E-state index in [1.807, 2.05) is 31.2 Å². The van der Waals surface area contributed by atoms with Gasteiger partial charge in [0.2, 0.25) is 5.91 Å². The smallest absolute Gasteiger partial charge is 0.246 e. The standard InChI is InChI=1S/C12H16N2O2/c1-9-2-4-10(5-3-9)14-7-6-13-11(8-15)12(14)16/h2-5,11,13,15H,6-8H2,1H3. The maximum atomic E-state index is 11.9. The van der Waals surface area contributed by atoms with Gasteiger partial charge in [-0.3, -0.25) is 4.79 Å². The molecule has 4 heteroatoms. The summed E-state index contributed by atoms with van der Waals surface area (Å²) in [5, 5.41) is 12.0. The lowest BCUT2D eigenvalue weighted by Gasteiger charge is -2.32. The number of aliphatic hydroxyl groups is 1. The Balaban J connectivity index is 2.20. The highest BCUT2D eigenvalue weighted by Gasteiger charge is 2.28. The first-order valence-corrected chi connectivity index (χ1v) is 5.44. The lowest BCUT2D eigenvalue weighted by Crippen LogP contribution is -2.56. The van der Waals surface area contributed by atoms with Gasteiger partial charge in [-0.2, -0.15) is 0 Å². The number of amides is 1. The number of hydrogen-bond acceptors (Lipinski definition) is 3. The summed E-state index contributed by atoms with van der Waals surface area (Å²) in [5.41, 5.74) is 2.07. The van der Waals surface area contributed by atoms with Crippen LogP contribution >= 0.6 is 0 Å². The molecule has 1 aliphatic rings. The van der Waals surface area contributed by atoms with E-state index in [-0.39, 0.29) is 12.5 Å². The zero-order valence-corrected chi connectivity index (χ0v) is 9.31. The highest BCUT2D eigenvalue weighted by molar-refractivity contribution is 5.98. The molecule has 1 atom stereocenters. The fraction of sp³-hybridized carbons (Fsp3) is 0.417. The molecule has 1 aromatic rings. The Morgan fingerprint density at radius 2 is 2.12 bits per heavy atom. The molecule has 1 amide bonds. The van der Waals surface area contributed by atoms with Crippen LogP contribution in [0.25, 0.3) is 0 Å². The topological polar surface area (TPSA) is 52.6 Å². The third-order valence-corrected chi connectivity index (χ3v) is 2.82. The Bertz CT molecular complexity index is 375. The van der Waals surface area contributed by atoms with Crippen LogP contribution in [-0.4, -0.2) is 36.8 Å². The van der Waals surface area contributed by atoms with E-state index < -0.39 is 6.04 Å². The molecule has 86 valence electrons. The van der Waals surface area contributed by atoms with Crippen molar-refractivity contribution in [3.05, 3.63) is 29.8 Å². The maximum Gasteiger partial charge on any atom is 0.246 e. The number of carbonyl (C=O) groups excluding carboxylic acids is 1. The third kappa shape index (κ3) is 2.08. The first-order valence-electron chi connectivity index (χ1n) is 5.44. The summed E-state index contributed by atoms with van der Waals surface area (Å²) in [4.78, 5) is 13.7. The van der Waals surface area contributed by atoms with E-state index in [2.05, 4.69) is 5.32 Å². The van der Waals surface area contributed by atoms with Crippen molar-refractivity contribution >= 4 is 11.6 Å². The molecule has 16 heavy (non-hydrogen) atoms. The van der Waals surface area contributed by atoms with Crippen molar-refractivity contribution in [3.63, 3.8) is 0 Å². The Kier molecular flexibility index (Phi) is 3.22. The summed E-state index contributed by atoms with van der Waals surface area (Å²) in [7, 11) is 0. The van der Waals surface area contributed by atoms with Crippen molar-refractivity contribution in [1.82, 2.24) is 5.32 Å². The SMILES string of the molecule is Cc1ccc(N2CCNC(CO)C2=O)cc1. The van der Waals surface area contributed by atoms with Crippen molar-refractivity contribution in [1.29, 1.82) is 0 Å². The van der Waals surface area contributed by atoms with Crippen LogP contribution in [0.5, 0.6) is 0 Å². The number of nitrogens with zero attached hydrogens (tertiary/aromatic N) is 1. The van der Waals surface area contributed by atoms with Gasteiger partial charge in [0.1, 0.15) is 6.04 Å². The molecular formula is C12H16N2O2. The van der Waals surface area contributed by atoms with E-state index in [1.165, 1.54) is 5.56 Å². The van der Waals surface area contributed by atoms with Crippen LogP contribution in [0.1, 0.15) is 5.56 Å². The van der Waals surface area contributed by atoms with Crippen LogP contribution in [0.3, 0.4) is 0 Å². The highest BCUT2D eigenvalue weighted by Crippen LogP contribution is 2.17. The van der Waals surface area contributed by atoms with Crippen LogP contribution in [0.15, 0.2) is 24.3 Å². The van der Waals surface area contributed by atoms with E-state index in [4.69, 9.17) is 5.11 Å².